The molecule has 0 atom stereocenters. The minimum Gasteiger partial charge on any atom is -0.396 e. The molecule has 1 aromatic heterocycles. The lowest BCUT2D eigenvalue weighted by Crippen LogP contribution is -2.05. The second-order valence-corrected chi connectivity index (χ2v) is 2.63. The molecule has 4 nitrogen and oxygen atoms in total. The molecule has 1 aromatic rings. The van der Waals surface area contributed by atoms with Gasteiger partial charge >= 0.3 is 0 Å². The monoisotopic (exact) mass is 187 g/mol. The van der Waals surface area contributed by atoms with Crippen LogP contribution in [0.1, 0.15) is 6.42 Å². The van der Waals surface area contributed by atoms with Crippen LogP contribution in [-0.4, -0.2) is 28.5 Å². The van der Waals surface area contributed by atoms with Gasteiger partial charge in [0.25, 0.3) is 0 Å². The number of nitrogens with zero attached hydrogens (tertiary/aromatic N) is 2. The van der Waals surface area contributed by atoms with Crippen molar-refractivity contribution in [2.24, 2.45) is 0 Å². The van der Waals surface area contributed by atoms with Gasteiger partial charge in [0.2, 0.25) is 0 Å². The van der Waals surface area contributed by atoms with Crippen LogP contribution in [0, 0.1) is 0 Å². The summed E-state index contributed by atoms with van der Waals surface area (Å²) in [7, 11) is 0. The van der Waals surface area contributed by atoms with Crippen LogP contribution in [0.3, 0.4) is 0 Å². The number of hydrogen-bond donors (Lipinski definition) is 2. The molecule has 0 unspecified atom stereocenters. The van der Waals surface area contributed by atoms with E-state index in [4.69, 9.17) is 16.7 Å². The summed E-state index contributed by atoms with van der Waals surface area (Å²) in [6.07, 6.45) is 0.699. The summed E-state index contributed by atoms with van der Waals surface area (Å²) in [5, 5.41) is 19.3. The van der Waals surface area contributed by atoms with Crippen molar-refractivity contribution >= 4 is 17.4 Å². The molecular weight excluding hydrogens is 178 g/mol. The van der Waals surface area contributed by atoms with Crippen molar-refractivity contribution in [3.63, 3.8) is 0 Å². The van der Waals surface area contributed by atoms with Gasteiger partial charge in [0.15, 0.2) is 5.15 Å². The zero-order valence-corrected chi connectivity index (χ0v) is 7.25. The third-order valence-corrected chi connectivity index (χ3v) is 1.47. The van der Waals surface area contributed by atoms with Crippen LogP contribution in [0.15, 0.2) is 12.1 Å². The van der Waals surface area contributed by atoms with E-state index in [1.165, 1.54) is 0 Å². The molecule has 0 aromatic carbocycles. The molecule has 0 saturated heterocycles. The topological polar surface area (TPSA) is 58.0 Å². The molecular formula is C7H10ClN3O. The molecule has 0 aliphatic rings. The van der Waals surface area contributed by atoms with Crippen molar-refractivity contribution in [3.05, 3.63) is 17.3 Å². The summed E-state index contributed by atoms with van der Waals surface area (Å²) >= 11 is 5.53. The van der Waals surface area contributed by atoms with Crippen LogP contribution in [0.5, 0.6) is 0 Å². The Hall–Kier alpha value is -0.870. The first-order chi connectivity index (χ1) is 5.83. The average Bonchev–Trinajstić information content (AvgIpc) is 2.09. The van der Waals surface area contributed by atoms with Crippen LogP contribution in [-0.2, 0) is 0 Å². The molecule has 0 fully saturated rings. The molecule has 0 aliphatic carbocycles. The van der Waals surface area contributed by atoms with Gasteiger partial charge < -0.3 is 10.4 Å². The molecule has 0 radical (unpaired) electrons. The highest BCUT2D eigenvalue weighted by molar-refractivity contribution is 6.29. The highest BCUT2D eigenvalue weighted by Crippen LogP contribution is 2.05. The van der Waals surface area contributed by atoms with Crippen molar-refractivity contribution in [1.82, 2.24) is 10.2 Å². The van der Waals surface area contributed by atoms with Crippen LogP contribution >= 0.6 is 11.6 Å². The molecule has 1 heterocycles. The zero-order chi connectivity index (χ0) is 8.81. The maximum atomic E-state index is 8.49. The van der Waals surface area contributed by atoms with E-state index in [0.29, 0.717) is 23.9 Å². The van der Waals surface area contributed by atoms with E-state index in [1.807, 2.05) is 0 Å². The Bertz CT molecular complexity index is 227. The number of anilines is 1. The van der Waals surface area contributed by atoms with E-state index in [9.17, 15) is 0 Å². The van der Waals surface area contributed by atoms with Crippen LogP contribution < -0.4 is 5.32 Å². The first-order valence-electron chi connectivity index (χ1n) is 3.67. The Kier molecular flexibility index (Phi) is 3.76. The van der Waals surface area contributed by atoms with Crippen molar-refractivity contribution in [2.75, 3.05) is 18.5 Å². The molecule has 0 spiro atoms. The van der Waals surface area contributed by atoms with Crippen LogP contribution in [0.25, 0.3) is 0 Å². The second kappa shape index (κ2) is 4.90. The maximum absolute atomic E-state index is 8.49. The summed E-state index contributed by atoms with van der Waals surface area (Å²) in [5.41, 5.74) is 0. The molecule has 12 heavy (non-hydrogen) atoms. The largest absolute Gasteiger partial charge is 0.396 e. The highest BCUT2D eigenvalue weighted by atomic mass is 35.5. The third-order valence-electron chi connectivity index (χ3n) is 1.27. The van der Waals surface area contributed by atoms with Gasteiger partial charge in [-0.1, -0.05) is 11.6 Å². The normalized spacial score (nSPS) is 9.83. The molecule has 0 aliphatic heterocycles. The van der Waals surface area contributed by atoms with Crippen molar-refractivity contribution in [3.8, 4) is 0 Å². The summed E-state index contributed by atoms with van der Waals surface area (Å²) in [5.74, 6) is 0.674. The van der Waals surface area contributed by atoms with Gasteiger partial charge in [-0.3, -0.25) is 0 Å². The lowest BCUT2D eigenvalue weighted by atomic mass is 10.4. The van der Waals surface area contributed by atoms with Gasteiger partial charge in [-0.2, -0.15) is 0 Å². The van der Waals surface area contributed by atoms with Gasteiger partial charge in [-0.05, 0) is 18.6 Å². The smallest absolute Gasteiger partial charge is 0.151 e. The van der Waals surface area contributed by atoms with E-state index in [0.717, 1.165) is 0 Å². The minimum absolute atomic E-state index is 0.175. The van der Waals surface area contributed by atoms with E-state index in [1.54, 1.807) is 12.1 Å². The van der Waals surface area contributed by atoms with E-state index in [2.05, 4.69) is 15.5 Å². The molecule has 0 amide bonds. The number of halogens is 1. The fraction of sp³-hybridized carbons (Fsp3) is 0.429. The summed E-state index contributed by atoms with van der Waals surface area (Å²) in [6.45, 7) is 0.862. The Labute approximate surface area is 75.6 Å². The summed E-state index contributed by atoms with van der Waals surface area (Å²) in [4.78, 5) is 0. The fourth-order valence-electron chi connectivity index (χ4n) is 0.706. The molecule has 2 N–H and O–H groups in total. The first kappa shape index (κ1) is 9.22. The predicted octanol–water partition coefficient (Wildman–Crippen LogP) is 0.924. The number of aliphatic hydroxyl groups excluding tert-OH is 1. The van der Waals surface area contributed by atoms with Gasteiger partial charge in [0.05, 0.1) is 0 Å². The molecule has 0 bridgehead atoms. The summed E-state index contributed by atoms with van der Waals surface area (Å²) in [6, 6.07) is 3.41. The number of hydrogen-bond acceptors (Lipinski definition) is 4. The standard InChI is InChI=1S/C7H10ClN3O/c8-6-2-3-7(11-10-6)9-4-1-5-12/h2-3,12H,1,4-5H2,(H,9,11). The average molecular weight is 188 g/mol. The molecule has 5 heteroatoms. The van der Waals surface area contributed by atoms with Gasteiger partial charge in [-0.25, -0.2) is 0 Å². The summed E-state index contributed by atoms with van der Waals surface area (Å²) < 4.78 is 0. The van der Waals surface area contributed by atoms with E-state index < -0.39 is 0 Å². The van der Waals surface area contributed by atoms with Gasteiger partial charge in [0.1, 0.15) is 5.82 Å². The Morgan fingerprint density at radius 2 is 2.25 bits per heavy atom. The second-order valence-electron chi connectivity index (χ2n) is 2.25. The lowest BCUT2D eigenvalue weighted by molar-refractivity contribution is 0.292. The molecule has 0 saturated carbocycles. The number of aromatic nitrogens is 2. The lowest BCUT2D eigenvalue weighted by Gasteiger charge is -2.01. The predicted molar refractivity (Wildman–Crippen MR) is 47.2 cm³/mol. The van der Waals surface area contributed by atoms with Crippen LogP contribution in [0.2, 0.25) is 5.15 Å². The SMILES string of the molecule is OCCCNc1ccc(Cl)nn1. The molecule has 66 valence electrons. The first-order valence-corrected chi connectivity index (χ1v) is 4.04. The number of nitrogens with one attached hydrogen (secondary N) is 1. The number of aliphatic hydroxyl groups is 1. The van der Waals surface area contributed by atoms with Crippen molar-refractivity contribution < 1.29 is 5.11 Å². The van der Waals surface area contributed by atoms with Gasteiger partial charge in [0, 0.05) is 13.2 Å². The highest BCUT2D eigenvalue weighted by Gasteiger charge is 1.93. The van der Waals surface area contributed by atoms with E-state index >= 15 is 0 Å². The Morgan fingerprint density at radius 3 is 2.83 bits per heavy atom. The molecule has 1 rings (SSSR count). The zero-order valence-electron chi connectivity index (χ0n) is 6.50. The fourth-order valence-corrected chi connectivity index (χ4v) is 0.807. The Balaban J connectivity index is 2.37. The van der Waals surface area contributed by atoms with E-state index in [-0.39, 0.29) is 6.61 Å². The Morgan fingerprint density at radius 1 is 1.42 bits per heavy atom. The van der Waals surface area contributed by atoms with Gasteiger partial charge in [-0.15, -0.1) is 10.2 Å². The third kappa shape index (κ3) is 3.02. The quantitative estimate of drug-likeness (QED) is 0.689. The van der Waals surface area contributed by atoms with Crippen LogP contribution in [0.4, 0.5) is 5.82 Å². The minimum atomic E-state index is 0.175. The number of rotatable bonds is 4. The van der Waals surface area contributed by atoms with Crippen molar-refractivity contribution in [2.45, 2.75) is 6.42 Å². The van der Waals surface area contributed by atoms with Crippen molar-refractivity contribution in [1.29, 1.82) is 0 Å². The maximum Gasteiger partial charge on any atom is 0.151 e.